The fourth-order valence-corrected chi connectivity index (χ4v) is 1.47. The number of halogens is 1. The molecule has 2 aromatic heterocycles. The lowest BCUT2D eigenvalue weighted by molar-refractivity contribution is 0.774. The summed E-state index contributed by atoms with van der Waals surface area (Å²) in [4.78, 5) is 4.14. The van der Waals surface area contributed by atoms with Gasteiger partial charge in [0.2, 0.25) is 0 Å². The van der Waals surface area contributed by atoms with Gasteiger partial charge in [-0.2, -0.15) is 5.10 Å². The monoisotopic (exact) mass is 196 g/mol. The minimum atomic E-state index is 0.329. The number of rotatable bonds is 0. The SMILES string of the molecule is Cc1nn(C)c2nc(Cl)c(N)cc12. The predicted octanol–water partition coefficient (Wildman–Crippen LogP) is 1.51. The van der Waals surface area contributed by atoms with E-state index in [0.717, 1.165) is 16.7 Å². The van der Waals surface area contributed by atoms with Crippen molar-refractivity contribution < 1.29 is 0 Å². The maximum Gasteiger partial charge on any atom is 0.159 e. The summed E-state index contributed by atoms with van der Waals surface area (Å²) in [6.45, 7) is 1.91. The molecule has 13 heavy (non-hydrogen) atoms. The van der Waals surface area contributed by atoms with Gasteiger partial charge in [0.15, 0.2) is 10.8 Å². The minimum Gasteiger partial charge on any atom is -0.396 e. The maximum atomic E-state index is 5.79. The summed E-state index contributed by atoms with van der Waals surface area (Å²) >= 11 is 5.79. The molecule has 0 radical (unpaired) electrons. The lowest BCUT2D eigenvalue weighted by atomic mass is 10.2. The molecule has 4 nitrogen and oxygen atoms in total. The van der Waals surface area contributed by atoms with Crippen molar-refractivity contribution in [3.8, 4) is 0 Å². The highest BCUT2D eigenvalue weighted by Crippen LogP contribution is 2.23. The van der Waals surface area contributed by atoms with Crippen LogP contribution in [0.4, 0.5) is 5.69 Å². The molecule has 2 N–H and O–H groups in total. The van der Waals surface area contributed by atoms with Crippen molar-refractivity contribution in [1.29, 1.82) is 0 Å². The largest absolute Gasteiger partial charge is 0.396 e. The molecule has 0 saturated carbocycles. The highest BCUT2D eigenvalue weighted by molar-refractivity contribution is 6.32. The van der Waals surface area contributed by atoms with Gasteiger partial charge in [0.1, 0.15) is 0 Å². The Morgan fingerprint density at radius 1 is 1.54 bits per heavy atom. The van der Waals surface area contributed by atoms with Crippen molar-refractivity contribution >= 4 is 28.3 Å². The van der Waals surface area contributed by atoms with Gasteiger partial charge in [-0.05, 0) is 13.0 Å². The number of hydrogen-bond acceptors (Lipinski definition) is 3. The van der Waals surface area contributed by atoms with E-state index in [0.29, 0.717) is 10.8 Å². The summed E-state index contributed by atoms with van der Waals surface area (Å²) in [5.74, 6) is 0. The first-order chi connectivity index (χ1) is 6.09. The van der Waals surface area contributed by atoms with Crippen LogP contribution in [-0.2, 0) is 7.05 Å². The number of nitrogens with two attached hydrogens (primary N) is 1. The van der Waals surface area contributed by atoms with E-state index < -0.39 is 0 Å². The van der Waals surface area contributed by atoms with E-state index >= 15 is 0 Å². The van der Waals surface area contributed by atoms with Crippen LogP contribution in [0.1, 0.15) is 5.69 Å². The summed E-state index contributed by atoms with van der Waals surface area (Å²) < 4.78 is 1.69. The fourth-order valence-electron chi connectivity index (χ4n) is 1.34. The topological polar surface area (TPSA) is 56.7 Å². The average molecular weight is 197 g/mol. The molecule has 0 bridgehead atoms. The lowest BCUT2D eigenvalue weighted by Gasteiger charge is -1.97. The van der Waals surface area contributed by atoms with E-state index in [4.69, 9.17) is 17.3 Å². The van der Waals surface area contributed by atoms with E-state index in [1.807, 2.05) is 14.0 Å². The van der Waals surface area contributed by atoms with E-state index in [9.17, 15) is 0 Å². The molecule has 5 heteroatoms. The third-order valence-corrected chi connectivity index (χ3v) is 2.28. The molecular formula is C8H9ClN4. The Labute approximate surface area is 80.3 Å². The van der Waals surface area contributed by atoms with E-state index in [1.165, 1.54) is 0 Å². The number of anilines is 1. The number of nitrogen functional groups attached to an aromatic ring is 1. The Kier molecular flexibility index (Phi) is 1.66. The highest BCUT2D eigenvalue weighted by atomic mass is 35.5. The van der Waals surface area contributed by atoms with Crippen molar-refractivity contribution in [3.63, 3.8) is 0 Å². The fraction of sp³-hybridized carbons (Fsp3) is 0.250. The summed E-state index contributed by atoms with van der Waals surface area (Å²) in [6, 6.07) is 1.80. The molecule has 0 aromatic carbocycles. The molecule has 2 heterocycles. The van der Waals surface area contributed by atoms with E-state index in [-0.39, 0.29) is 0 Å². The first-order valence-electron chi connectivity index (χ1n) is 3.85. The van der Waals surface area contributed by atoms with E-state index in [2.05, 4.69) is 10.1 Å². The molecule has 2 rings (SSSR count). The lowest BCUT2D eigenvalue weighted by Crippen LogP contribution is -1.94. The van der Waals surface area contributed by atoms with Crippen molar-refractivity contribution in [1.82, 2.24) is 14.8 Å². The zero-order valence-corrected chi connectivity index (χ0v) is 8.13. The second kappa shape index (κ2) is 2.60. The Hall–Kier alpha value is -1.29. The zero-order valence-electron chi connectivity index (χ0n) is 7.37. The number of pyridine rings is 1. The van der Waals surface area contributed by atoms with Gasteiger partial charge < -0.3 is 5.73 Å². The number of aromatic nitrogens is 3. The average Bonchev–Trinajstić information content (AvgIpc) is 2.31. The Bertz CT molecular complexity index is 432. The molecule has 0 saturated heterocycles. The zero-order chi connectivity index (χ0) is 9.59. The third-order valence-electron chi connectivity index (χ3n) is 1.98. The van der Waals surface area contributed by atoms with Crippen LogP contribution in [0.25, 0.3) is 11.0 Å². The maximum absolute atomic E-state index is 5.79. The van der Waals surface area contributed by atoms with Gasteiger partial charge in [-0.1, -0.05) is 11.6 Å². The highest BCUT2D eigenvalue weighted by Gasteiger charge is 2.08. The molecule has 0 fully saturated rings. The number of hydrogen-bond donors (Lipinski definition) is 1. The summed E-state index contributed by atoms with van der Waals surface area (Å²) in [5.41, 5.74) is 7.79. The van der Waals surface area contributed by atoms with Crippen molar-refractivity contribution in [2.24, 2.45) is 7.05 Å². The molecule has 0 aliphatic heterocycles. The van der Waals surface area contributed by atoms with Crippen LogP contribution in [0.2, 0.25) is 5.15 Å². The quantitative estimate of drug-likeness (QED) is 0.650. The van der Waals surface area contributed by atoms with Crippen LogP contribution in [0, 0.1) is 6.92 Å². The summed E-state index contributed by atoms with van der Waals surface area (Å²) in [6.07, 6.45) is 0. The van der Waals surface area contributed by atoms with Gasteiger partial charge >= 0.3 is 0 Å². The minimum absolute atomic E-state index is 0.329. The van der Waals surface area contributed by atoms with Crippen LogP contribution in [0.3, 0.4) is 0 Å². The standard InChI is InChI=1S/C8H9ClN4/c1-4-5-3-6(10)7(9)11-8(5)13(2)12-4/h3H,10H2,1-2H3. The van der Waals surface area contributed by atoms with Gasteiger partial charge in [-0.3, -0.25) is 4.68 Å². The van der Waals surface area contributed by atoms with Gasteiger partial charge in [0.05, 0.1) is 11.4 Å². The summed E-state index contributed by atoms with van der Waals surface area (Å²) in [5, 5.41) is 5.49. The molecule has 0 atom stereocenters. The number of aryl methyl sites for hydroxylation is 2. The number of nitrogens with zero attached hydrogens (tertiary/aromatic N) is 3. The Balaban J connectivity index is 2.91. The van der Waals surface area contributed by atoms with Crippen LogP contribution >= 0.6 is 11.6 Å². The van der Waals surface area contributed by atoms with E-state index in [1.54, 1.807) is 10.7 Å². The van der Waals surface area contributed by atoms with Crippen LogP contribution in [0.5, 0.6) is 0 Å². The molecule has 0 unspecified atom stereocenters. The van der Waals surface area contributed by atoms with Crippen LogP contribution in [-0.4, -0.2) is 14.8 Å². The molecule has 68 valence electrons. The molecule has 0 aliphatic rings. The predicted molar refractivity (Wildman–Crippen MR) is 52.7 cm³/mol. The summed E-state index contributed by atoms with van der Waals surface area (Å²) in [7, 11) is 1.83. The first kappa shape index (κ1) is 8.31. The van der Waals surface area contributed by atoms with Gasteiger partial charge in [-0.15, -0.1) is 0 Å². The Morgan fingerprint density at radius 2 is 2.23 bits per heavy atom. The van der Waals surface area contributed by atoms with Crippen LogP contribution in [0.15, 0.2) is 6.07 Å². The van der Waals surface area contributed by atoms with Gasteiger partial charge in [0.25, 0.3) is 0 Å². The molecule has 2 aromatic rings. The molecule has 0 spiro atoms. The molecule has 0 aliphatic carbocycles. The van der Waals surface area contributed by atoms with Crippen molar-refractivity contribution in [3.05, 3.63) is 16.9 Å². The number of fused-ring (bicyclic) bond motifs is 1. The van der Waals surface area contributed by atoms with Gasteiger partial charge in [-0.25, -0.2) is 4.98 Å². The van der Waals surface area contributed by atoms with Gasteiger partial charge in [0, 0.05) is 12.4 Å². The molecule has 0 amide bonds. The van der Waals surface area contributed by atoms with Crippen LogP contribution < -0.4 is 5.73 Å². The smallest absolute Gasteiger partial charge is 0.159 e. The third kappa shape index (κ3) is 1.14. The first-order valence-corrected chi connectivity index (χ1v) is 4.22. The molecular weight excluding hydrogens is 188 g/mol. The van der Waals surface area contributed by atoms with Crippen molar-refractivity contribution in [2.45, 2.75) is 6.92 Å². The second-order valence-corrected chi connectivity index (χ2v) is 3.31. The normalized spacial score (nSPS) is 11.0. The second-order valence-electron chi connectivity index (χ2n) is 2.95. The Morgan fingerprint density at radius 3 is 2.92 bits per heavy atom. The van der Waals surface area contributed by atoms with Crippen molar-refractivity contribution in [2.75, 3.05) is 5.73 Å².